The van der Waals surface area contributed by atoms with E-state index in [4.69, 9.17) is 0 Å². The summed E-state index contributed by atoms with van der Waals surface area (Å²) >= 11 is 1.22. The minimum Gasteiger partial charge on any atom is -0.283 e. The number of carbonyl (C=O) groups excluding carboxylic acids is 1. The predicted octanol–water partition coefficient (Wildman–Crippen LogP) is 5.21. The number of thiazole rings is 1. The first-order valence-corrected chi connectivity index (χ1v) is 13.7. The summed E-state index contributed by atoms with van der Waals surface area (Å²) < 4.78 is 55.4. The Bertz CT molecular complexity index is 1490. The molecule has 3 aromatic carbocycles. The molecule has 6 nitrogen and oxygen atoms in total. The minimum atomic E-state index is -3.88. The average molecular weight is 528 g/mol. The standard InChI is InChI=1S/C26H23F2N3O3S2/c27-20-8-11-22(12-9-20)36(33,34)30-14-4-7-19(17-30)25(32)31(16-18-5-2-1-3-6-18)26-29-23-13-10-21(28)15-24(23)35-26/h1-3,5-6,8-13,15,19H,4,7,14,16-17H2. The van der Waals surface area contributed by atoms with Crippen LogP contribution in [-0.4, -0.2) is 36.7 Å². The predicted molar refractivity (Wildman–Crippen MR) is 135 cm³/mol. The van der Waals surface area contributed by atoms with Crippen molar-refractivity contribution in [3.63, 3.8) is 0 Å². The molecule has 0 N–H and O–H groups in total. The Hall–Kier alpha value is -3.21. The molecule has 1 fully saturated rings. The topological polar surface area (TPSA) is 70.6 Å². The van der Waals surface area contributed by atoms with Gasteiger partial charge in [0.2, 0.25) is 15.9 Å². The van der Waals surface area contributed by atoms with E-state index in [1.807, 2.05) is 30.3 Å². The third-order valence-electron chi connectivity index (χ3n) is 6.20. The molecule has 10 heteroatoms. The van der Waals surface area contributed by atoms with Crippen molar-refractivity contribution in [1.29, 1.82) is 0 Å². The van der Waals surface area contributed by atoms with Crippen LogP contribution in [-0.2, 0) is 21.4 Å². The van der Waals surface area contributed by atoms with Crippen molar-refractivity contribution < 1.29 is 22.0 Å². The molecular weight excluding hydrogens is 504 g/mol. The van der Waals surface area contributed by atoms with Crippen molar-refractivity contribution in [3.8, 4) is 0 Å². The lowest BCUT2D eigenvalue weighted by molar-refractivity contribution is -0.123. The molecule has 36 heavy (non-hydrogen) atoms. The van der Waals surface area contributed by atoms with Crippen LogP contribution < -0.4 is 4.90 Å². The zero-order valence-corrected chi connectivity index (χ0v) is 20.8. The van der Waals surface area contributed by atoms with Gasteiger partial charge >= 0.3 is 0 Å². The van der Waals surface area contributed by atoms with E-state index in [0.29, 0.717) is 28.2 Å². The van der Waals surface area contributed by atoms with Crippen molar-refractivity contribution in [2.75, 3.05) is 18.0 Å². The van der Waals surface area contributed by atoms with Gasteiger partial charge in [-0.3, -0.25) is 9.69 Å². The van der Waals surface area contributed by atoms with Crippen molar-refractivity contribution in [2.45, 2.75) is 24.3 Å². The van der Waals surface area contributed by atoms with E-state index in [2.05, 4.69) is 4.98 Å². The summed E-state index contributed by atoms with van der Waals surface area (Å²) in [6, 6.07) is 18.4. The number of nitrogens with zero attached hydrogens (tertiary/aromatic N) is 3. The number of rotatable bonds is 6. The molecule has 4 aromatic rings. The van der Waals surface area contributed by atoms with Gasteiger partial charge in [-0.2, -0.15) is 4.31 Å². The fourth-order valence-electron chi connectivity index (χ4n) is 4.35. The fraction of sp³-hybridized carbons (Fsp3) is 0.231. The number of fused-ring (bicyclic) bond motifs is 1. The molecule has 2 heterocycles. The lowest BCUT2D eigenvalue weighted by Gasteiger charge is -2.33. The quantitative estimate of drug-likeness (QED) is 0.345. The molecule has 1 aliphatic rings. The largest absolute Gasteiger partial charge is 0.283 e. The maximum atomic E-state index is 13.8. The Balaban J connectivity index is 1.44. The normalized spacial score (nSPS) is 16.8. The molecule has 0 saturated carbocycles. The number of anilines is 1. The first-order valence-electron chi connectivity index (χ1n) is 11.5. The summed E-state index contributed by atoms with van der Waals surface area (Å²) in [5, 5.41) is 0.433. The third-order valence-corrected chi connectivity index (χ3v) is 9.12. The summed E-state index contributed by atoms with van der Waals surface area (Å²) in [5.74, 6) is -1.72. The van der Waals surface area contributed by atoms with Gasteiger partial charge in [0, 0.05) is 13.1 Å². The second-order valence-electron chi connectivity index (χ2n) is 8.67. The van der Waals surface area contributed by atoms with Crippen LogP contribution in [0.2, 0.25) is 0 Å². The van der Waals surface area contributed by atoms with Crippen LogP contribution >= 0.6 is 11.3 Å². The van der Waals surface area contributed by atoms with Gasteiger partial charge in [0.25, 0.3) is 0 Å². The number of hydrogen-bond acceptors (Lipinski definition) is 5. The highest BCUT2D eigenvalue weighted by molar-refractivity contribution is 7.89. The monoisotopic (exact) mass is 527 g/mol. The van der Waals surface area contributed by atoms with Crippen LogP contribution in [0.3, 0.4) is 0 Å². The molecule has 0 bridgehead atoms. The Morgan fingerprint density at radius 2 is 1.75 bits per heavy atom. The molecule has 1 aliphatic heterocycles. The second kappa shape index (κ2) is 10.0. The molecule has 1 saturated heterocycles. The van der Waals surface area contributed by atoms with E-state index >= 15 is 0 Å². The van der Waals surface area contributed by atoms with E-state index < -0.39 is 21.8 Å². The SMILES string of the molecule is O=C(C1CCCN(S(=O)(=O)c2ccc(F)cc2)C1)N(Cc1ccccc1)c1nc2ccc(F)cc2s1. The van der Waals surface area contributed by atoms with Crippen molar-refractivity contribution in [3.05, 3.63) is 90.0 Å². The average Bonchev–Trinajstić information content (AvgIpc) is 3.31. The molecule has 186 valence electrons. The number of benzene rings is 3. The molecule has 1 unspecified atom stereocenters. The van der Waals surface area contributed by atoms with Gasteiger partial charge in [0.1, 0.15) is 11.6 Å². The maximum absolute atomic E-state index is 13.8. The maximum Gasteiger partial charge on any atom is 0.243 e. The number of aromatic nitrogens is 1. The van der Waals surface area contributed by atoms with Crippen LogP contribution in [0, 0.1) is 17.6 Å². The van der Waals surface area contributed by atoms with Gasteiger partial charge in [-0.05, 0) is 60.9 Å². The van der Waals surface area contributed by atoms with Gasteiger partial charge in [-0.15, -0.1) is 0 Å². The Labute approximate surface area is 211 Å². The summed E-state index contributed by atoms with van der Waals surface area (Å²) in [4.78, 5) is 20.0. The molecule has 1 amide bonds. The van der Waals surface area contributed by atoms with Gasteiger partial charge in [0.05, 0.1) is 27.6 Å². The first-order chi connectivity index (χ1) is 17.3. The minimum absolute atomic E-state index is 0.00802. The Kier molecular flexibility index (Phi) is 6.83. The van der Waals surface area contributed by atoms with E-state index in [9.17, 15) is 22.0 Å². The molecule has 1 atom stereocenters. The highest BCUT2D eigenvalue weighted by Crippen LogP contribution is 2.33. The number of hydrogen-bond donors (Lipinski definition) is 0. The summed E-state index contributed by atoms with van der Waals surface area (Å²) in [6.45, 7) is 0.551. The summed E-state index contributed by atoms with van der Waals surface area (Å²) in [7, 11) is -3.88. The van der Waals surface area contributed by atoms with Crippen LogP contribution in [0.25, 0.3) is 10.2 Å². The molecule has 1 aromatic heterocycles. The Morgan fingerprint density at radius 3 is 2.50 bits per heavy atom. The highest BCUT2D eigenvalue weighted by atomic mass is 32.2. The highest BCUT2D eigenvalue weighted by Gasteiger charge is 2.36. The van der Waals surface area contributed by atoms with Gasteiger partial charge in [-0.25, -0.2) is 22.2 Å². The zero-order chi connectivity index (χ0) is 25.3. The zero-order valence-electron chi connectivity index (χ0n) is 19.2. The van der Waals surface area contributed by atoms with E-state index in [-0.39, 0.29) is 36.3 Å². The van der Waals surface area contributed by atoms with Gasteiger partial charge < -0.3 is 0 Å². The lowest BCUT2D eigenvalue weighted by atomic mass is 9.98. The van der Waals surface area contributed by atoms with Gasteiger partial charge in [0.15, 0.2) is 5.13 Å². The first kappa shape index (κ1) is 24.5. The number of piperidine rings is 1. The van der Waals surface area contributed by atoms with Crippen LogP contribution in [0.5, 0.6) is 0 Å². The number of halogens is 2. The lowest BCUT2D eigenvalue weighted by Crippen LogP contribution is -2.46. The van der Waals surface area contributed by atoms with Crippen LogP contribution in [0.15, 0.2) is 77.7 Å². The van der Waals surface area contributed by atoms with Crippen molar-refractivity contribution in [1.82, 2.24) is 9.29 Å². The molecule has 5 rings (SSSR count). The third kappa shape index (κ3) is 5.02. The van der Waals surface area contributed by atoms with Gasteiger partial charge in [-0.1, -0.05) is 41.7 Å². The number of sulfonamides is 1. The Morgan fingerprint density at radius 1 is 1.03 bits per heavy atom. The van der Waals surface area contributed by atoms with E-state index in [1.54, 1.807) is 11.0 Å². The van der Waals surface area contributed by atoms with Crippen molar-refractivity contribution in [2.24, 2.45) is 5.92 Å². The molecule has 0 spiro atoms. The molecular formula is C26H23F2N3O3S2. The van der Waals surface area contributed by atoms with E-state index in [1.165, 1.54) is 39.9 Å². The smallest absolute Gasteiger partial charge is 0.243 e. The van der Waals surface area contributed by atoms with Crippen LogP contribution in [0.1, 0.15) is 18.4 Å². The number of amides is 1. The van der Waals surface area contributed by atoms with E-state index in [0.717, 1.165) is 17.7 Å². The van der Waals surface area contributed by atoms with Crippen LogP contribution in [0.4, 0.5) is 13.9 Å². The second-order valence-corrected chi connectivity index (χ2v) is 11.6. The van der Waals surface area contributed by atoms with Crippen molar-refractivity contribution >= 4 is 42.6 Å². The molecule has 0 radical (unpaired) electrons. The summed E-state index contributed by atoms with van der Waals surface area (Å²) in [5.41, 5.74) is 1.48. The summed E-state index contributed by atoms with van der Waals surface area (Å²) in [6.07, 6.45) is 1.04. The number of carbonyl (C=O) groups is 1. The fourth-order valence-corrected chi connectivity index (χ4v) is 6.86. The molecule has 0 aliphatic carbocycles.